The van der Waals surface area contributed by atoms with Crippen molar-refractivity contribution in [2.75, 3.05) is 12.4 Å². The summed E-state index contributed by atoms with van der Waals surface area (Å²) in [7, 11) is 1.66. The molecule has 1 N–H and O–H groups in total. The SMILES string of the molecule is COc1ccc(CNc2ncc(Br)n3ccnc23)cc1. The van der Waals surface area contributed by atoms with E-state index in [-0.39, 0.29) is 0 Å². The molecule has 0 saturated carbocycles. The molecule has 5 nitrogen and oxygen atoms in total. The van der Waals surface area contributed by atoms with Crippen molar-refractivity contribution >= 4 is 27.4 Å². The zero-order valence-corrected chi connectivity index (χ0v) is 12.5. The molecule has 0 aliphatic carbocycles. The van der Waals surface area contributed by atoms with E-state index < -0.39 is 0 Å². The number of ether oxygens (including phenoxy) is 1. The number of nitrogens with one attached hydrogen (secondary N) is 1. The zero-order valence-electron chi connectivity index (χ0n) is 10.9. The first-order chi connectivity index (χ1) is 9.78. The van der Waals surface area contributed by atoms with E-state index in [0.29, 0.717) is 6.54 Å². The number of fused-ring (bicyclic) bond motifs is 1. The van der Waals surface area contributed by atoms with Crippen molar-refractivity contribution < 1.29 is 4.74 Å². The van der Waals surface area contributed by atoms with Crippen LogP contribution < -0.4 is 10.1 Å². The Labute approximate surface area is 124 Å². The number of halogens is 1. The summed E-state index contributed by atoms with van der Waals surface area (Å²) in [6.45, 7) is 0.682. The van der Waals surface area contributed by atoms with Gasteiger partial charge in [0.15, 0.2) is 11.5 Å². The van der Waals surface area contributed by atoms with Crippen LogP contribution in [0.5, 0.6) is 5.75 Å². The second-order valence-electron chi connectivity index (χ2n) is 4.25. The van der Waals surface area contributed by atoms with E-state index in [4.69, 9.17) is 4.74 Å². The van der Waals surface area contributed by atoms with Gasteiger partial charge in [0.1, 0.15) is 10.4 Å². The van der Waals surface area contributed by atoms with Crippen LogP contribution in [0.3, 0.4) is 0 Å². The molecule has 2 aromatic heterocycles. The van der Waals surface area contributed by atoms with Gasteiger partial charge in [0.05, 0.1) is 13.3 Å². The third-order valence-electron chi connectivity index (χ3n) is 3.00. The van der Waals surface area contributed by atoms with Crippen molar-refractivity contribution in [3.63, 3.8) is 0 Å². The maximum absolute atomic E-state index is 5.14. The summed E-state index contributed by atoms with van der Waals surface area (Å²) in [6, 6.07) is 7.93. The molecule has 0 aliphatic heterocycles. The highest BCUT2D eigenvalue weighted by molar-refractivity contribution is 9.10. The molecule has 1 aromatic carbocycles. The van der Waals surface area contributed by atoms with Crippen molar-refractivity contribution in [3.05, 3.63) is 53.0 Å². The molecule has 0 spiro atoms. The van der Waals surface area contributed by atoms with Gasteiger partial charge in [0.2, 0.25) is 0 Å². The zero-order chi connectivity index (χ0) is 13.9. The van der Waals surface area contributed by atoms with Crippen LogP contribution in [0.4, 0.5) is 5.82 Å². The predicted octanol–water partition coefficient (Wildman–Crippen LogP) is 3.11. The molecular weight excluding hydrogens is 320 g/mol. The molecular formula is C14H13BrN4O. The van der Waals surface area contributed by atoms with Crippen molar-refractivity contribution in [2.45, 2.75) is 6.54 Å². The largest absolute Gasteiger partial charge is 0.497 e. The summed E-state index contributed by atoms with van der Waals surface area (Å²) >= 11 is 3.44. The van der Waals surface area contributed by atoms with Crippen molar-refractivity contribution in [1.29, 1.82) is 0 Å². The molecule has 3 rings (SSSR count). The standard InChI is InChI=1S/C14H13BrN4O/c1-20-11-4-2-10(3-5-11)8-17-13-14-16-6-7-19(14)12(15)9-18-13/h2-7,9H,8H2,1H3,(H,17,18). The number of hydrogen-bond donors (Lipinski definition) is 1. The van der Waals surface area contributed by atoms with Crippen LogP contribution in [0.1, 0.15) is 5.56 Å². The second kappa shape index (κ2) is 5.50. The quantitative estimate of drug-likeness (QED) is 0.797. The minimum absolute atomic E-state index is 0.682. The highest BCUT2D eigenvalue weighted by Gasteiger charge is 2.06. The van der Waals surface area contributed by atoms with Crippen molar-refractivity contribution in [2.24, 2.45) is 0 Å². The highest BCUT2D eigenvalue weighted by atomic mass is 79.9. The van der Waals surface area contributed by atoms with Gasteiger partial charge in [-0.05, 0) is 33.6 Å². The Bertz CT molecular complexity index is 724. The van der Waals surface area contributed by atoms with Gasteiger partial charge < -0.3 is 10.1 Å². The summed E-state index contributed by atoms with van der Waals surface area (Å²) < 4.78 is 7.95. The molecule has 20 heavy (non-hydrogen) atoms. The molecule has 2 heterocycles. The fourth-order valence-electron chi connectivity index (χ4n) is 1.94. The van der Waals surface area contributed by atoms with E-state index in [9.17, 15) is 0 Å². The van der Waals surface area contributed by atoms with Crippen LogP contribution in [0.2, 0.25) is 0 Å². The van der Waals surface area contributed by atoms with Gasteiger partial charge in [-0.15, -0.1) is 0 Å². The van der Waals surface area contributed by atoms with Gasteiger partial charge in [-0.3, -0.25) is 4.40 Å². The Morgan fingerprint density at radius 1 is 1.25 bits per heavy atom. The molecule has 0 saturated heterocycles. The third kappa shape index (κ3) is 2.46. The molecule has 0 radical (unpaired) electrons. The summed E-state index contributed by atoms with van der Waals surface area (Å²) in [5.41, 5.74) is 1.95. The number of aromatic nitrogens is 3. The number of nitrogens with zero attached hydrogens (tertiary/aromatic N) is 3. The minimum Gasteiger partial charge on any atom is -0.497 e. The Kier molecular flexibility index (Phi) is 3.56. The Morgan fingerprint density at radius 2 is 2.05 bits per heavy atom. The number of rotatable bonds is 4. The average molecular weight is 333 g/mol. The van der Waals surface area contributed by atoms with Crippen LogP contribution in [0, 0.1) is 0 Å². The lowest BCUT2D eigenvalue weighted by Gasteiger charge is -2.08. The number of hydrogen-bond acceptors (Lipinski definition) is 4. The molecule has 102 valence electrons. The van der Waals surface area contributed by atoms with Gasteiger partial charge >= 0.3 is 0 Å². The van der Waals surface area contributed by atoms with Gasteiger partial charge in [0, 0.05) is 18.9 Å². The van der Waals surface area contributed by atoms with Crippen LogP contribution in [-0.2, 0) is 6.54 Å². The maximum Gasteiger partial charge on any atom is 0.180 e. The predicted molar refractivity (Wildman–Crippen MR) is 81.0 cm³/mol. The first-order valence-electron chi connectivity index (χ1n) is 6.12. The summed E-state index contributed by atoms with van der Waals surface area (Å²) in [6.07, 6.45) is 5.39. The Balaban J connectivity index is 1.79. The molecule has 0 aliphatic rings. The van der Waals surface area contributed by atoms with Gasteiger partial charge in [-0.1, -0.05) is 12.1 Å². The van der Waals surface area contributed by atoms with Crippen LogP contribution in [-0.4, -0.2) is 21.5 Å². The highest BCUT2D eigenvalue weighted by Crippen LogP contribution is 2.19. The molecule has 0 fully saturated rings. The van der Waals surface area contributed by atoms with E-state index in [1.165, 1.54) is 0 Å². The topological polar surface area (TPSA) is 51.5 Å². The normalized spacial score (nSPS) is 10.7. The Morgan fingerprint density at radius 3 is 2.80 bits per heavy atom. The van der Waals surface area contributed by atoms with E-state index >= 15 is 0 Å². The molecule has 0 atom stereocenters. The van der Waals surface area contributed by atoms with Crippen LogP contribution >= 0.6 is 15.9 Å². The van der Waals surface area contributed by atoms with Gasteiger partial charge in [0.25, 0.3) is 0 Å². The summed E-state index contributed by atoms with van der Waals surface area (Å²) in [4.78, 5) is 8.67. The molecule has 0 amide bonds. The van der Waals surface area contributed by atoms with Gasteiger partial charge in [-0.25, -0.2) is 9.97 Å². The van der Waals surface area contributed by atoms with E-state index in [1.54, 1.807) is 19.5 Å². The number of methoxy groups -OCH3 is 1. The minimum atomic E-state index is 0.682. The van der Waals surface area contributed by atoms with Crippen molar-refractivity contribution in [1.82, 2.24) is 14.4 Å². The molecule has 0 unspecified atom stereocenters. The summed E-state index contributed by atoms with van der Waals surface area (Å²) in [5.74, 6) is 1.61. The lowest BCUT2D eigenvalue weighted by Crippen LogP contribution is -2.04. The van der Waals surface area contributed by atoms with Crippen LogP contribution in [0.25, 0.3) is 5.65 Å². The third-order valence-corrected chi connectivity index (χ3v) is 3.59. The molecule has 3 aromatic rings. The lowest BCUT2D eigenvalue weighted by atomic mass is 10.2. The van der Waals surface area contributed by atoms with Crippen LogP contribution in [0.15, 0.2) is 47.5 Å². The number of benzene rings is 1. The van der Waals surface area contributed by atoms with Crippen molar-refractivity contribution in [3.8, 4) is 5.75 Å². The number of imidazole rings is 1. The lowest BCUT2D eigenvalue weighted by molar-refractivity contribution is 0.414. The fraction of sp³-hybridized carbons (Fsp3) is 0.143. The first kappa shape index (κ1) is 12.9. The van der Waals surface area contributed by atoms with E-state index in [1.807, 2.05) is 34.9 Å². The Hall–Kier alpha value is -2.08. The van der Waals surface area contributed by atoms with E-state index in [2.05, 4.69) is 31.2 Å². The fourth-order valence-corrected chi connectivity index (χ4v) is 2.33. The smallest absolute Gasteiger partial charge is 0.180 e. The van der Waals surface area contributed by atoms with E-state index in [0.717, 1.165) is 27.4 Å². The average Bonchev–Trinajstić information content (AvgIpc) is 2.98. The number of anilines is 1. The summed E-state index contributed by atoms with van der Waals surface area (Å²) in [5, 5.41) is 3.30. The maximum atomic E-state index is 5.14. The second-order valence-corrected chi connectivity index (χ2v) is 5.06. The monoisotopic (exact) mass is 332 g/mol. The molecule has 0 bridgehead atoms. The van der Waals surface area contributed by atoms with Gasteiger partial charge in [-0.2, -0.15) is 0 Å². The molecule has 6 heteroatoms. The first-order valence-corrected chi connectivity index (χ1v) is 6.91.